The van der Waals surface area contributed by atoms with Crippen LogP contribution in [0, 0.1) is 13.8 Å². The highest BCUT2D eigenvalue weighted by Gasteiger charge is 2.30. The molecule has 10 nitrogen and oxygen atoms in total. The highest BCUT2D eigenvalue weighted by Crippen LogP contribution is 2.30. The van der Waals surface area contributed by atoms with Gasteiger partial charge in [0.2, 0.25) is 11.8 Å². The second kappa shape index (κ2) is 8.68. The number of nitrogens with one attached hydrogen (secondary N) is 1. The number of benzene rings is 1. The molecule has 0 aliphatic heterocycles. The van der Waals surface area contributed by atoms with E-state index < -0.39 is 17.8 Å². The normalized spacial score (nSPS) is 12.2. The molecule has 0 radical (unpaired) electrons. The zero-order valence-electron chi connectivity index (χ0n) is 17.3. The van der Waals surface area contributed by atoms with Gasteiger partial charge in [0.25, 0.3) is 6.20 Å². The van der Waals surface area contributed by atoms with Gasteiger partial charge in [0.05, 0.1) is 40.9 Å². The summed E-state index contributed by atoms with van der Waals surface area (Å²) in [7, 11) is 0. The van der Waals surface area contributed by atoms with E-state index in [1.807, 2.05) is 0 Å². The quantitative estimate of drug-likeness (QED) is 0.274. The van der Waals surface area contributed by atoms with Crippen molar-refractivity contribution in [2.24, 2.45) is 4.99 Å². The van der Waals surface area contributed by atoms with E-state index >= 15 is 0 Å². The number of nitrogens with zero attached hydrogens (tertiary/aromatic N) is 6. The summed E-state index contributed by atoms with van der Waals surface area (Å²) in [5.41, 5.74) is 1.70. The van der Waals surface area contributed by atoms with E-state index in [0.717, 1.165) is 17.7 Å². The van der Waals surface area contributed by atoms with E-state index in [1.165, 1.54) is 23.0 Å². The summed E-state index contributed by atoms with van der Waals surface area (Å²) in [5, 5.41) is 21.9. The van der Waals surface area contributed by atoms with Crippen molar-refractivity contribution in [1.29, 1.82) is 0 Å². The van der Waals surface area contributed by atoms with Crippen LogP contribution in [0.2, 0.25) is 0 Å². The number of aromatic nitrogens is 5. The Morgan fingerprint density at radius 2 is 2.00 bits per heavy atom. The molecule has 33 heavy (non-hydrogen) atoms. The number of anilines is 1. The molecule has 170 valence electrons. The monoisotopic (exact) mass is 459 g/mol. The second-order valence-electron chi connectivity index (χ2n) is 6.95. The van der Waals surface area contributed by atoms with Gasteiger partial charge in [0.15, 0.2) is 0 Å². The number of hydrogen-bond donors (Lipinski definition) is 1. The molecule has 0 bridgehead atoms. The number of aryl methyl sites for hydroxylation is 2. The fourth-order valence-electron chi connectivity index (χ4n) is 3.00. The van der Waals surface area contributed by atoms with Crippen molar-refractivity contribution in [3.8, 4) is 11.3 Å². The van der Waals surface area contributed by atoms with Crippen molar-refractivity contribution in [2.45, 2.75) is 26.6 Å². The van der Waals surface area contributed by atoms with Gasteiger partial charge >= 0.3 is 12.1 Å². The standard InChI is InChI=1S/C20H16F3N7O3/c1-11-18(12(2)32-28-11)16-8-24-15(7-25-16)9-30-10-17(33-29-30)27-19(31)26-14-5-3-4-13(6-14)20(21,22)23/h3-8,10H,9H2,1-2H3,(H-,26,27,29,31). The number of halogens is 3. The van der Waals surface area contributed by atoms with Crippen LogP contribution in [0.1, 0.15) is 22.7 Å². The average molecular weight is 459 g/mol. The first-order chi connectivity index (χ1) is 15.7. The van der Waals surface area contributed by atoms with Crippen molar-refractivity contribution in [1.82, 2.24) is 20.4 Å². The fraction of sp³-hybridized carbons (Fsp3) is 0.200. The largest absolute Gasteiger partial charge is 0.846 e. The topological polar surface area (TPSA) is 129 Å². The van der Waals surface area contributed by atoms with Gasteiger partial charge in [-0.05, 0) is 36.7 Å². The zero-order valence-corrected chi connectivity index (χ0v) is 17.3. The molecule has 4 rings (SSSR count). The third-order valence-electron chi connectivity index (χ3n) is 4.47. The first-order valence-electron chi connectivity index (χ1n) is 9.49. The molecular formula is C20H16F3N7O3. The third kappa shape index (κ3) is 5.14. The number of alkyl halides is 3. The molecule has 13 heteroatoms. The van der Waals surface area contributed by atoms with Gasteiger partial charge in [-0.3, -0.25) is 14.5 Å². The SMILES string of the molecule is Cc1noc(C)c1-c1cnc(C[n+]2cc(/N=C(\[O-])Nc3cccc(C(F)(F)F)c3)on2)cn1. The van der Waals surface area contributed by atoms with Crippen LogP contribution in [-0.4, -0.2) is 26.4 Å². The molecule has 1 aromatic carbocycles. The minimum atomic E-state index is -4.53. The predicted molar refractivity (Wildman–Crippen MR) is 105 cm³/mol. The Hall–Kier alpha value is -4.29. The lowest BCUT2D eigenvalue weighted by atomic mass is 10.1. The van der Waals surface area contributed by atoms with Crippen molar-refractivity contribution < 1.29 is 32.0 Å². The van der Waals surface area contributed by atoms with Gasteiger partial charge in [0.1, 0.15) is 11.5 Å². The molecule has 0 spiro atoms. The molecule has 1 N–H and O–H groups in total. The fourth-order valence-corrected chi connectivity index (χ4v) is 3.00. The van der Waals surface area contributed by atoms with E-state index in [-0.39, 0.29) is 18.1 Å². The Balaban J connectivity index is 1.42. The Kier molecular flexibility index (Phi) is 5.77. The first-order valence-corrected chi connectivity index (χ1v) is 9.49. The smallest absolute Gasteiger partial charge is 0.416 e. The van der Waals surface area contributed by atoms with Crippen LogP contribution in [0.3, 0.4) is 0 Å². The molecule has 0 aliphatic rings. The summed E-state index contributed by atoms with van der Waals surface area (Å²) in [6.45, 7) is 3.77. The average Bonchev–Trinajstić information content (AvgIpc) is 3.33. The Morgan fingerprint density at radius 3 is 2.67 bits per heavy atom. The van der Waals surface area contributed by atoms with Gasteiger partial charge < -0.3 is 14.9 Å². The Labute approximate surface area is 184 Å². The maximum atomic E-state index is 12.8. The molecule has 0 saturated heterocycles. The highest BCUT2D eigenvalue weighted by molar-refractivity contribution is 5.87. The first kappa shape index (κ1) is 21.9. The lowest BCUT2D eigenvalue weighted by molar-refractivity contribution is -0.755. The summed E-state index contributed by atoms with van der Waals surface area (Å²) in [4.78, 5) is 12.3. The molecule has 0 aliphatic carbocycles. The minimum absolute atomic E-state index is 0.0559. The maximum Gasteiger partial charge on any atom is 0.416 e. The molecule has 0 atom stereocenters. The summed E-state index contributed by atoms with van der Waals surface area (Å²) in [5.74, 6) is 0.495. The highest BCUT2D eigenvalue weighted by atomic mass is 19.4. The van der Waals surface area contributed by atoms with Crippen molar-refractivity contribution in [2.75, 3.05) is 5.32 Å². The molecule has 0 amide bonds. The summed E-state index contributed by atoms with van der Waals surface area (Å²) >= 11 is 0. The predicted octanol–water partition coefficient (Wildman–Crippen LogP) is 2.55. The van der Waals surface area contributed by atoms with Gasteiger partial charge in [-0.25, -0.2) is 4.99 Å². The van der Waals surface area contributed by atoms with Gasteiger partial charge in [-0.2, -0.15) is 13.2 Å². The Morgan fingerprint density at radius 1 is 1.18 bits per heavy atom. The van der Waals surface area contributed by atoms with Crippen LogP contribution in [0.15, 0.2) is 56.9 Å². The van der Waals surface area contributed by atoms with Crippen LogP contribution >= 0.6 is 0 Å². The zero-order chi connectivity index (χ0) is 23.6. The van der Waals surface area contributed by atoms with E-state index in [2.05, 4.69) is 30.7 Å². The molecular weight excluding hydrogens is 443 g/mol. The van der Waals surface area contributed by atoms with Crippen molar-refractivity contribution in [3.63, 3.8) is 0 Å². The number of rotatable bonds is 5. The third-order valence-corrected chi connectivity index (χ3v) is 4.47. The summed E-state index contributed by atoms with van der Waals surface area (Å²) in [6, 6.07) is 3.28. The molecule has 3 heterocycles. The van der Waals surface area contributed by atoms with E-state index in [9.17, 15) is 18.3 Å². The van der Waals surface area contributed by atoms with Crippen LogP contribution in [-0.2, 0) is 12.7 Å². The van der Waals surface area contributed by atoms with Gasteiger partial charge in [-0.1, -0.05) is 11.2 Å². The van der Waals surface area contributed by atoms with Crippen LogP contribution in [0.4, 0.5) is 24.7 Å². The van der Waals surface area contributed by atoms with E-state index in [4.69, 9.17) is 9.05 Å². The molecule has 0 saturated carbocycles. The Bertz CT molecular complexity index is 1280. The maximum absolute atomic E-state index is 12.8. The van der Waals surface area contributed by atoms with Crippen molar-refractivity contribution in [3.05, 3.63) is 65.6 Å². The van der Waals surface area contributed by atoms with Crippen LogP contribution in [0.25, 0.3) is 11.3 Å². The van der Waals surface area contributed by atoms with Crippen LogP contribution in [0.5, 0.6) is 0 Å². The number of aliphatic imine (C=N–C) groups is 1. The minimum Gasteiger partial charge on any atom is -0.846 e. The summed E-state index contributed by atoms with van der Waals surface area (Å²) < 4.78 is 49.8. The van der Waals surface area contributed by atoms with E-state index in [0.29, 0.717) is 22.8 Å². The number of amidine groups is 1. The van der Waals surface area contributed by atoms with Gasteiger partial charge in [0, 0.05) is 5.69 Å². The van der Waals surface area contributed by atoms with Gasteiger partial charge in [-0.15, -0.1) is 0 Å². The second-order valence-corrected chi connectivity index (χ2v) is 6.95. The van der Waals surface area contributed by atoms with E-state index in [1.54, 1.807) is 26.2 Å². The lowest BCUT2D eigenvalue weighted by Gasteiger charge is -2.14. The molecule has 0 unspecified atom stereocenters. The molecule has 3 aromatic heterocycles. The molecule has 4 aromatic rings. The van der Waals surface area contributed by atoms with Crippen molar-refractivity contribution >= 4 is 17.6 Å². The summed E-state index contributed by atoms with van der Waals surface area (Å²) in [6.07, 6.45) is -0.0471. The van der Waals surface area contributed by atoms with Crippen LogP contribution < -0.4 is 15.1 Å². The number of hydrogen-bond acceptors (Lipinski definition) is 8. The lowest BCUT2D eigenvalue weighted by Crippen LogP contribution is -2.35. The molecule has 0 fully saturated rings.